The lowest BCUT2D eigenvalue weighted by Crippen LogP contribution is -2.49. The van der Waals surface area contributed by atoms with E-state index in [4.69, 9.17) is 10.5 Å². The van der Waals surface area contributed by atoms with Crippen molar-refractivity contribution in [2.24, 2.45) is 11.7 Å². The minimum absolute atomic E-state index is 0.0157. The van der Waals surface area contributed by atoms with Crippen LogP contribution < -0.4 is 10.5 Å². The predicted octanol–water partition coefficient (Wildman–Crippen LogP) is 1.96. The van der Waals surface area contributed by atoms with Gasteiger partial charge in [0.05, 0.1) is 13.5 Å². The van der Waals surface area contributed by atoms with E-state index in [9.17, 15) is 9.18 Å². The summed E-state index contributed by atoms with van der Waals surface area (Å²) >= 11 is 0. The summed E-state index contributed by atoms with van der Waals surface area (Å²) in [5.41, 5.74) is 6.44. The molecule has 0 spiro atoms. The van der Waals surface area contributed by atoms with Crippen molar-refractivity contribution in [2.45, 2.75) is 32.2 Å². The van der Waals surface area contributed by atoms with E-state index >= 15 is 0 Å². The molecule has 2 atom stereocenters. The zero-order valence-electron chi connectivity index (χ0n) is 12.6. The van der Waals surface area contributed by atoms with Gasteiger partial charge in [-0.3, -0.25) is 4.79 Å². The van der Waals surface area contributed by atoms with Gasteiger partial charge in [0.25, 0.3) is 0 Å². The summed E-state index contributed by atoms with van der Waals surface area (Å²) in [4.78, 5) is 14.3. The number of carbonyl (C=O) groups is 1. The van der Waals surface area contributed by atoms with Gasteiger partial charge in [-0.2, -0.15) is 0 Å². The molecule has 0 aromatic heterocycles. The molecule has 116 valence electrons. The minimum Gasteiger partial charge on any atom is -0.494 e. The second kappa shape index (κ2) is 6.89. The van der Waals surface area contributed by atoms with Crippen LogP contribution in [0.1, 0.15) is 25.3 Å². The van der Waals surface area contributed by atoms with Gasteiger partial charge in [-0.25, -0.2) is 4.39 Å². The van der Waals surface area contributed by atoms with Crippen LogP contribution in [0.3, 0.4) is 0 Å². The third-order valence-corrected chi connectivity index (χ3v) is 4.14. The Balaban J connectivity index is 2.05. The van der Waals surface area contributed by atoms with E-state index in [1.54, 1.807) is 12.1 Å². The summed E-state index contributed by atoms with van der Waals surface area (Å²) in [7, 11) is 1.42. The zero-order chi connectivity index (χ0) is 15.4. The molecule has 1 heterocycles. The Morgan fingerprint density at radius 1 is 1.52 bits per heavy atom. The van der Waals surface area contributed by atoms with E-state index in [0.29, 0.717) is 18.0 Å². The van der Waals surface area contributed by atoms with Crippen LogP contribution in [0.15, 0.2) is 18.2 Å². The van der Waals surface area contributed by atoms with E-state index in [2.05, 4.69) is 6.92 Å². The molecule has 1 saturated heterocycles. The molecule has 5 heteroatoms. The normalized spacial score (nSPS) is 22.2. The monoisotopic (exact) mass is 294 g/mol. The number of rotatable bonds is 4. The van der Waals surface area contributed by atoms with Gasteiger partial charge in [-0.1, -0.05) is 13.0 Å². The first-order chi connectivity index (χ1) is 10.0. The van der Waals surface area contributed by atoms with Crippen LogP contribution in [0.2, 0.25) is 0 Å². The van der Waals surface area contributed by atoms with Crippen molar-refractivity contribution in [3.05, 3.63) is 29.6 Å². The fraction of sp³-hybridized carbons (Fsp3) is 0.562. The average molecular weight is 294 g/mol. The molecule has 1 aliphatic rings. The Labute approximate surface area is 125 Å². The highest BCUT2D eigenvalue weighted by Gasteiger charge is 2.28. The molecule has 2 unspecified atom stereocenters. The van der Waals surface area contributed by atoms with Crippen LogP contribution in [0.4, 0.5) is 4.39 Å². The number of piperidine rings is 1. The summed E-state index contributed by atoms with van der Waals surface area (Å²) in [5.74, 6) is 0.367. The van der Waals surface area contributed by atoms with Gasteiger partial charge in [0.2, 0.25) is 5.91 Å². The van der Waals surface area contributed by atoms with Gasteiger partial charge >= 0.3 is 0 Å². The van der Waals surface area contributed by atoms with Crippen molar-refractivity contribution < 1.29 is 13.9 Å². The number of benzene rings is 1. The molecule has 1 aromatic carbocycles. The van der Waals surface area contributed by atoms with E-state index in [1.807, 2.05) is 4.90 Å². The van der Waals surface area contributed by atoms with Gasteiger partial charge in [0.1, 0.15) is 0 Å². The van der Waals surface area contributed by atoms with Crippen molar-refractivity contribution in [1.82, 2.24) is 4.90 Å². The Kier molecular flexibility index (Phi) is 5.17. The molecule has 4 nitrogen and oxygen atoms in total. The summed E-state index contributed by atoms with van der Waals surface area (Å²) in [5, 5.41) is 0. The Morgan fingerprint density at radius 3 is 2.90 bits per heavy atom. The number of carbonyl (C=O) groups excluding carboxylic acids is 1. The highest BCUT2D eigenvalue weighted by atomic mass is 19.1. The SMILES string of the molecule is COc1ccc(CC(=O)N2CCC(C)CC2CN)cc1F. The molecule has 0 aliphatic carbocycles. The van der Waals surface area contributed by atoms with Crippen LogP contribution in [0, 0.1) is 11.7 Å². The summed E-state index contributed by atoms with van der Waals surface area (Å²) < 4.78 is 18.5. The quantitative estimate of drug-likeness (QED) is 0.923. The summed E-state index contributed by atoms with van der Waals surface area (Å²) in [6.45, 7) is 3.40. The smallest absolute Gasteiger partial charge is 0.227 e. The molecule has 2 N–H and O–H groups in total. The van der Waals surface area contributed by atoms with Crippen molar-refractivity contribution in [3.63, 3.8) is 0 Å². The Morgan fingerprint density at radius 2 is 2.29 bits per heavy atom. The topological polar surface area (TPSA) is 55.6 Å². The highest BCUT2D eigenvalue weighted by molar-refractivity contribution is 5.79. The Hall–Kier alpha value is -1.62. The van der Waals surface area contributed by atoms with E-state index in [0.717, 1.165) is 19.4 Å². The van der Waals surface area contributed by atoms with Crippen molar-refractivity contribution >= 4 is 5.91 Å². The van der Waals surface area contributed by atoms with Gasteiger partial charge in [-0.15, -0.1) is 0 Å². The number of amides is 1. The highest BCUT2D eigenvalue weighted by Crippen LogP contribution is 2.23. The Bertz CT molecular complexity index is 507. The number of hydrogen-bond acceptors (Lipinski definition) is 3. The molecule has 1 aromatic rings. The van der Waals surface area contributed by atoms with Crippen LogP contribution in [0.5, 0.6) is 5.75 Å². The lowest BCUT2D eigenvalue weighted by Gasteiger charge is -2.38. The van der Waals surface area contributed by atoms with Crippen LogP contribution >= 0.6 is 0 Å². The summed E-state index contributed by atoms with van der Waals surface area (Å²) in [6, 6.07) is 4.74. The van der Waals surface area contributed by atoms with E-state index in [-0.39, 0.29) is 24.1 Å². The first-order valence-electron chi connectivity index (χ1n) is 7.37. The maximum absolute atomic E-state index is 13.7. The number of halogens is 1. The number of hydrogen-bond donors (Lipinski definition) is 1. The van der Waals surface area contributed by atoms with Crippen LogP contribution in [-0.2, 0) is 11.2 Å². The first-order valence-corrected chi connectivity index (χ1v) is 7.37. The maximum atomic E-state index is 13.7. The van der Waals surface area contributed by atoms with Crippen LogP contribution in [-0.4, -0.2) is 37.0 Å². The predicted molar refractivity (Wildman–Crippen MR) is 79.6 cm³/mol. The second-order valence-electron chi connectivity index (χ2n) is 5.75. The van der Waals surface area contributed by atoms with Crippen LogP contribution in [0.25, 0.3) is 0 Å². The number of ether oxygens (including phenoxy) is 1. The molecule has 1 amide bonds. The third kappa shape index (κ3) is 3.73. The lowest BCUT2D eigenvalue weighted by molar-refractivity contribution is -0.134. The molecule has 0 radical (unpaired) electrons. The average Bonchev–Trinajstić information content (AvgIpc) is 2.47. The maximum Gasteiger partial charge on any atom is 0.227 e. The lowest BCUT2D eigenvalue weighted by atomic mass is 9.92. The minimum atomic E-state index is -0.439. The fourth-order valence-electron chi connectivity index (χ4n) is 2.90. The molecular weight excluding hydrogens is 271 g/mol. The van der Waals surface area contributed by atoms with Gasteiger partial charge < -0.3 is 15.4 Å². The van der Waals surface area contributed by atoms with Gasteiger partial charge in [0, 0.05) is 19.1 Å². The van der Waals surface area contributed by atoms with Crippen molar-refractivity contribution in [2.75, 3.05) is 20.2 Å². The molecule has 0 bridgehead atoms. The van der Waals surface area contributed by atoms with E-state index < -0.39 is 5.82 Å². The molecular formula is C16H23FN2O2. The number of likely N-dealkylation sites (tertiary alicyclic amines) is 1. The van der Waals surface area contributed by atoms with E-state index in [1.165, 1.54) is 13.2 Å². The van der Waals surface area contributed by atoms with Gasteiger partial charge in [-0.05, 0) is 36.5 Å². The first kappa shape index (κ1) is 15.8. The van der Waals surface area contributed by atoms with Gasteiger partial charge in [0.15, 0.2) is 11.6 Å². The fourth-order valence-corrected chi connectivity index (χ4v) is 2.90. The third-order valence-electron chi connectivity index (χ3n) is 4.14. The molecule has 1 fully saturated rings. The zero-order valence-corrected chi connectivity index (χ0v) is 12.6. The molecule has 0 saturated carbocycles. The molecule has 21 heavy (non-hydrogen) atoms. The van der Waals surface area contributed by atoms with Crippen molar-refractivity contribution in [3.8, 4) is 5.75 Å². The number of methoxy groups -OCH3 is 1. The largest absolute Gasteiger partial charge is 0.494 e. The molecule has 2 rings (SSSR count). The summed E-state index contributed by atoms with van der Waals surface area (Å²) in [6.07, 6.45) is 2.14. The second-order valence-corrected chi connectivity index (χ2v) is 5.75. The molecule has 1 aliphatic heterocycles. The number of nitrogens with zero attached hydrogens (tertiary/aromatic N) is 1. The van der Waals surface area contributed by atoms with Crippen molar-refractivity contribution in [1.29, 1.82) is 0 Å². The number of nitrogens with two attached hydrogens (primary N) is 1. The standard InChI is InChI=1S/C16H23FN2O2/c1-11-5-6-19(13(7-11)10-18)16(20)9-12-3-4-15(21-2)14(17)8-12/h3-4,8,11,13H,5-7,9-10,18H2,1-2H3.